The molecule has 0 unspecified atom stereocenters. The van der Waals surface area contributed by atoms with Crippen molar-refractivity contribution in [3.05, 3.63) is 23.8 Å². The molecule has 0 aliphatic rings. The van der Waals surface area contributed by atoms with Gasteiger partial charge in [0.1, 0.15) is 6.33 Å². The first-order chi connectivity index (χ1) is 7.66. The highest BCUT2D eigenvalue weighted by molar-refractivity contribution is 5.95. The average Bonchev–Trinajstić information content (AvgIpc) is 2.29. The van der Waals surface area contributed by atoms with Crippen molar-refractivity contribution in [1.29, 1.82) is 0 Å². The lowest BCUT2D eigenvalue weighted by Crippen LogP contribution is -2.31. The van der Waals surface area contributed by atoms with Crippen molar-refractivity contribution in [2.24, 2.45) is 0 Å². The molecule has 1 rings (SSSR count). The molecule has 0 radical (unpaired) electrons. The van der Waals surface area contributed by atoms with Gasteiger partial charge in [-0.05, 0) is 13.0 Å². The van der Waals surface area contributed by atoms with Crippen LogP contribution in [0.2, 0.25) is 0 Å². The number of rotatable bonds is 5. The number of nitrogens with one attached hydrogen (secondary N) is 2. The van der Waals surface area contributed by atoms with Gasteiger partial charge in [-0.1, -0.05) is 13.8 Å². The van der Waals surface area contributed by atoms with E-state index in [0.29, 0.717) is 12.1 Å². The smallest absolute Gasteiger partial charge is 0.254 e. The zero-order valence-electron chi connectivity index (χ0n) is 9.95. The third-order valence-corrected chi connectivity index (χ3v) is 2.20. The molecule has 0 aliphatic heterocycles. The molecule has 1 aromatic heterocycles. The Morgan fingerprint density at radius 2 is 2.19 bits per heavy atom. The maximum atomic E-state index is 11.8. The van der Waals surface area contributed by atoms with Crippen molar-refractivity contribution in [2.75, 3.05) is 20.1 Å². The molecule has 0 spiro atoms. The third kappa shape index (κ3) is 3.27. The fourth-order valence-electron chi connectivity index (χ4n) is 1.37. The van der Waals surface area contributed by atoms with Gasteiger partial charge in [-0.3, -0.25) is 4.79 Å². The number of carbonyl (C=O) groups excluding carboxylic acids is 1. The Morgan fingerprint density at radius 3 is 2.81 bits per heavy atom. The van der Waals surface area contributed by atoms with Gasteiger partial charge in [0.25, 0.3) is 5.91 Å². The zero-order valence-corrected chi connectivity index (χ0v) is 9.95. The molecular formula is C11H18N4O. The molecule has 0 bridgehead atoms. The number of nitrogens with zero attached hydrogens (tertiary/aromatic N) is 2. The van der Waals surface area contributed by atoms with Crippen molar-refractivity contribution in [2.45, 2.75) is 19.8 Å². The quantitative estimate of drug-likeness (QED) is 0.714. The summed E-state index contributed by atoms with van der Waals surface area (Å²) in [6, 6.07) is 0. The Labute approximate surface area is 95.7 Å². The highest BCUT2D eigenvalue weighted by atomic mass is 16.1. The van der Waals surface area contributed by atoms with E-state index in [1.54, 1.807) is 6.20 Å². The normalized spacial score (nSPS) is 10.5. The summed E-state index contributed by atoms with van der Waals surface area (Å²) in [6.45, 7) is 5.36. The van der Waals surface area contributed by atoms with Crippen LogP contribution in [-0.4, -0.2) is 36.0 Å². The molecule has 1 aromatic rings. The second-order valence-electron chi connectivity index (χ2n) is 3.84. The second kappa shape index (κ2) is 6.17. The van der Waals surface area contributed by atoms with Gasteiger partial charge in [-0.25, -0.2) is 9.97 Å². The van der Waals surface area contributed by atoms with Gasteiger partial charge in [0.2, 0.25) is 0 Å². The van der Waals surface area contributed by atoms with E-state index in [4.69, 9.17) is 0 Å². The average molecular weight is 222 g/mol. The van der Waals surface area contributed by atoms with Crippen molar-refractivity contribution in [3.8, 4) is 0 Å². The van der Waals surface area contributed by atoms with Crippen LogP contribution in [0.25, 0.3) is 0 Å². The van der Waals surface area contributed by atoms with Crippen molar-refractivity contribution in [3.63, 3.8) is 0 Å². The lowest BCUT2D eigenvalue weighted by atomic mass is 10.0. The number of amides is 1. The van der Waals surface area contributed by atoms with Gasteiger partial charge in [0, 0.05) is 19.3 Å². The summed E-state index contributed by atoms with van der Waals surface area (Å²) in [7, 11) is 1.84. The fourth-order valence-corrected chi connectivity index (χ4v) is 1.37. The van der Waals surface area contributed by atoms with E-state index in [9.17, 15) is 4.79 Å². The van der Waals surface area contributed by atoms with E-state index in [1.807, 2.05) is 20.9 Å². The van der Waals surface area contributed by atoms with Crippen LogP contribution in [0.3, 0.4) is 0 Å². The number of likely N-dealkylation sites (N-methyl/N-ethyl adjacent to an activating group) is 1. The fraction of sp³-hybridized carbons (Fsp3) is 0.545. The van der Waals surface area contributed by atoms with Gasteiger partial charge in [0.15, 0.2) is 0 Å². The molecule has 5 heteroatoms. The van der Waals surface area contributed by atoms with E-state index in [1.165, 1.54) is 6.33 Å². The topological polar surface area (TPSA) is 66.9 Å². The Bertz CT molecular complexity index is 352. The molecule has 5 nitrogen and oxygen atoms in total. The Balaban J connectivity index is 2.74. The first kappa shape index (κ1) is 12.6. The zero-order chi connectivity index (χ0) is 12.0. The first-order valence-electron chi connectivity index (χ1n) is 5.39. The van der Waals surface area contributed by atoms with Crippen LogP contribution in [0.5, 0.6) is 0 Å². The van der Waals surface area contributed by atoms with Crippen LogP contribution in [-0.2, 0) is 0 Å². The maximum Gasteiger partial charge on any atom is 0.254 e. The predicted octanol–water partition coefficient (Wildman–Crippen LogP) is 0.549. The Kier molecular flexibility index (Phi) is 4.85. The monoisotopic (exact) mass is 222 g/mol. The van der Waals surface area contributed by atoms with Gasteiger partial charge in [-0.15, -0.1) is 0 Å². The summed E-state index contributed by atoms with van der Waals surface area (Å²) < 4.78 is 0. The summed E-state index contributed by atoms with van der Waals surface area (Å²) in [5.41, 5.74) is 1.35. The molecule has 2 N–H and O–H groups in total. The van der Waals surface area contributed by atoms with Crippen molar-refractivity contribution < 1.29 is 4.79 Å². The van der Waals surface area contributed by atoms with Gasteiger partial charge < -0.3 is 10.6 Å². The predicted molar refractivity (Wildman–Crippen MR) is 62.4 cm³/mol. The molecular weight excluding hydrogens is 204 g/mol. The number of carbonyl (C=O) groups is 1. The van der Waals surface area contributed by atoms with Gasteiger partial charge in [-0.2, -0.15) is 0 Å². The number of aromatic nitrogens is 2. The van der Waals surface area contributed by atoms with Crippen molar-refractivity contribution >= 4 is 5.91 Å². The summed E-state index contributed by atoms with van der Waals surface area (Å²) in [6.07, 6.45) is 3.04. The van der Waals surface area contributed by atoms with E-state index in [2.05, 4.69) is 20.6 Å². The molecule has 0 saturated heterocycles. The molecule has 0 aliphatic carbocycles. The lowest BCUT2D eigenvalue weighted by Gasteiger charge is -2.10. The molecule has 1 amide bonds. The minimum Gasteiger partial charge on any atom is -0.351 e. The maximum absolute atomic E-state index is 11.8. The Morgan fingerprint density at radius 1 is 1.44 bits per heavy atom. The van der Waals surface area contributed by atoms with Crippen LogP contribution in [0, 0.1) is 0 Å². The van der Waals surface area contributed by atoms with Gasteiger partial charge >= 0.3 is 0 Å². The van der Waals surface area contributed by atoms with Crippen LogP contribution < -0.4 is 10.6 Å². The van der Waals surface area contributed by atoms with E-state index in [-0.39, 0.29) is 11.8 Å². The molecule has 0 atom stereocenters. The molecule has 0 aromatic carbocycles. The van der Waals surface area contributed by atoms with E-state index < -0.39 is 0 Å². The molecule has 1 heterocycles. The standard InChI is InChI=1S/C11H18N4O/c1-8(2)10-9(6-13-7-15-10)11(16)14-5-4-12-3/h6-8,12H,4-5H2,1-3H3,(H,14,16). The van der Waals surface area contributed by atoms with Crippen LogP contribution in [0.1, 0.15) is 35.8 Å². The largest absolute Gasteiger partial charge is 0.351 e. The summed E-state index contributed by atoms with van der Waals surface area (Å²) in [5, 5.41) is 5.78. The highest BCUT2D eigenvalue weighted by Gasteiger charge is 2.14. The van der Waals surface area contributed by atoms with Crippen molar-refractivity contribution in [1.82, 2.24) is 20.6 Å². The SMILES string of the molecule is CNCCNC(=O)c1cncnc1C(C)C. The van der Waals surface area contributed by atoms with E-state index >= 15 is 0 Å². The second-order valence-corrected chi connectivity index (χ2v) is 3.84. The summed E-state index contributed by atoms with van der Waals surface area (Å²) in [5.74, 6) is 0.104. The minimum atomic E-state index is -0.112. The highest BCUT2D eigenvalue weighted by Crippen LogP contribution is 2.14. The van der Waals surface area contributed by atoms with Gasteiger partial charge in [0.05, 0.1) is 11.3 Å². The first-order valence-corrected chi connectivity index (χ1v) is 5.39. The Hall–Kier alpha value is -1.49. The van der Waals surface area contributed by atoms with E-state index in [0.717, 1.165) is 12.2 Å². The lowest BCUT2D eigenvalue weighted by molar-refractivity contribution is 0.0952. The van der Waals surface area contributed by atoms with Crippen LogP contribution in [0.15, 0.2) is 12.5 Å². The third-order valence-electron chi connectivity index (χ3n) is 2.20. The molecule has 88 valence electrons. The summed E-state index contributed by atoms with van der Waals surface area (Å²) >= 11 is 0. The van der Waals surface area contributed by atoms with Crippen LogP contribution in [0.4, 0.5) is 0 Å². The van der Waals surface area contributed by atoms with Crippen LogP contribution >= 0.6 is 0 Å². The molecule has 0 fully saturated rings. The minimum absolute atomic E-state index is 0.112. The number of hydrogen-bond acceptors (Lipinski definition) is 4. The molecule has 0 saturated carbocycles. The molecule has 16 heavy (non-hydrogen) atoms. The summed E-state index contributed by atoms with van der Waals surface area (Å²) in [4.78, 5) is 19.9. The number of hydrogen-bond donors (Lipinski definition) is 2.